The standard InChI is InChI=1S/C88H123N15O17S2/c1-15-56(8)79(102(12)86(112)77(54(4)5)98-85(111)78(55(6)7)101(10)11)72(116-13)48-75(106)103-49-63(46-71(103)80(117-14)57(9)81(107)93-62(36-38-74(105)99-115)44-58-26-20-19-21-27-58)120-100-88(114)119-50-59-31-34-61(35-32-59)92-83(109)67(30-24-40-91-87(89)113)96-84(110)76(53(2)3)97-73(104)39-43-118-42-25-41-90-82(108)60-33-37-66-68(45-60)95-70-52-122-65-29-23-18-16-17-22-28-64(47-65)121-51-69(70)94-66/h16-23,26-29,31-38,45,47,53-57,62-63,67,71-72,76-80,115H,15,24-25,30,39-44,46,48-52H2,1-14H3,(H,90,108)(H,92,109)(H,93,107)(H,96,110)(H,97,104)(H,98,111)(H,99,105)(H,100,114)(H3,89,91,113)/b17-16?,18-16?,22-17?,23-18?,28-22?,29-23?,38-36+,64-28?,64-47?,65-29?,65-47?/t56-,57+,62+,63+,67+,71-,72+,76+,77-,78-,79-,80+/m0/s1. The van der Waals surface area contributed by atoms with Crippen molar-refractivity contribution < 1.29 is 81.7 Å². The van der Waals surface area contributed by atoms with Gasteiger partial charge in [0.2, 0.25) is 41.4 Å². The van der Waals surface area contributed by atoms with Crippen molar-refractivity contribution >= 4 is 106 Å². The average molecular weight is 1730 g/mol. The lowest BCUT2D eigenvalue weighted by Gasteiger charge is -2.41. The zero-order valence-electron chi connectivity index (χ0n) is 72.3. The molecule has 34 heteroatoms. The first-order chi connectivity index (χ1) is 58.3. The molecule has 0 radical (unpaired) electrons. The van der Waals surface area contributed by atoms with Crippen LogP contribution in [0.5, 0.6) is 0 Å². The number of hydrogen-bond acceptors (Lipinski definition) is 22. The van der Waals surface area contributed by atoms with Crippen LogP contribution >= 0.6 is 23.5 Å². The fourth-order valence-corrected chi connectivity index (χ4v) is 16.5. The van der Waals surface area contributed by atoms with Gasteiger partial charge in [-0.05, 0) is 123 Å². The van der Waals surface area contributed by atoms with Gasteiger partial charge < -0.3 is 71.7 Å². The number of urea groups is 1. The molecule has 5 aromatic rings. The minimum Gasteiger partial charge on any atom is -0.443 e. The fraction of sp³-hybridized carbons (Fsp3) is 0.511. The highest BCUT2D eigenvalue weighted by Crippen LogP contribution is 2.35. The number of nitrogens with one attached hydrogen (secondary N) is 9. The van der Waals surface area contributed by atoms with Gasteiger partial charge in [-0.15, -0.1) is 23.5 Å². The number of rotatable bonds is 44. The number of likely N-dealkylation sites (tertiary alicyclic amines) is 1. The summed E-state index contributed by atoms with van der Waals surface area (Å²) in [6.07, 6.45) is -0.0598. The number of thioether (sulfide) groups is 2. The molecule has 1 saturated heterocycles. The van der Waals surface area contributed by atoms with Crippen LogP contribution < -0.4 is 53.9 Å². The highest BCUT2D eigenvalue weighted by molar-refractivity contribution is 7.99. The quantitative estimate of drug-likeness (QED) is 0.00753. The van der Waals surface area contributed by atoms with E-state index in [4.69, 9.17) is 39.5 Å². The number of anilines is 1. The second-order valence-electron chi connectivity index (χ2n) is 31.7. The van der Waals surface area contributed by atoms with Crippen LogP contribution in [0.2, 0.25) is 0 Å². The molecule has 12 amide bonds. The van der Waals surface area contributed by atoms with E-state index in [9.17, 15) is 53.2 Å². The van der Waals surface area contributed by atoms with Crippen molar-refractivity contribution in [3.63, 3.8) is 0 Å². The van der Waals surface area contributed by atoms with Gasteiger partial charge in [0.15, 0.2) is 0 Å². The maximum Gasteiger partial charge on any atom is 0.431 e. The summed E-state index contributed by atoms with van der Waals surface area (Å²) in [6.45, 7) is 16.8. The second kappa shape index (κ2) is 50.3. The number of ether oxygens (including phenoxy) is 4. The van der Waals surface area contributed by atoms with Crippen LogP contribution in [-0.4, -0.2) is 224 Å². The number of fused-ring (bicyclic) bond motifs is 4. The Hall–Kier alpha value is -10.3. The van der Waals surface area contributed by atoms with Gasteiger partial charge in [-0.1, -0.05) is 148 Å². The van der Waals surface area contributed by atoms with Gasteiger partial charge in [0.1, 0.15) is 30.8 Å². The van der Waals surface area contributed by atoms with Crippen molar-refractivity contribution in [2.75, 3.05) is 73.5 Å². The van der Waals surface area contributed by atoms with E-state index in [-0.39, 0.29) is 107 Å². The second-order valence-corrected chi connectivity index (χ2v) is 33.8. The predicted molar refractivity (Wildman–Crippen MR) is 466 cm³/mol. The van der Waals surface area contributed by atoms with Gasteiger partial charge in [-0.25, -0.2) is 25.0 Å². The number of nitrogens with zero attached hydrogens (tertiary/aromatic N) is 5. The topological polar surface area (TPSA) is 424 Å². The first-order valence-electron chi connectivity index (χ1n) is 41.3. The molecule has 1 aromatic heterocycles. The van der Waals surface area contributed by atoms with E-state index in [1.165, 1.54) is 25.2 Å². The number of benzene rings is 3. The molecular weight excluding hydrogens is 1600 g/mol. The maximum absolute atomic E-state index is 15.2. The molecule has 122 heavy (non-hydrogen) atoms. The Bertz CT molecular complexity index is 4410. The first-order valence-corrected chi connectivity index (χ1v) is 43.3. The molecule has 0 saturated carbocycles. The molecular formula is C88H123N15O17S2. The van der Waals surface area contributed by atoms with Crippen molar-refractivity contribution in [3.05, 3.63) is 162 Å². The van der Waals surface area contributed by atoms with Crippen molar-refractivity contribution in [3.8, 4) is 0 Å². The zero-order valence-corrected chi connectivity index (χ0v) is 73.9. The highest BCUT2D eigenvalue weighted by Gasteiger charge is 2.47. The van der Waals surface area contributed by atoms with E-state index in [0.29, 0.717) is 58.7 Å². The Labute approximate surface area is 723 Å². The molecule has 1 fully saturated rings. The molecule has 2 aliphatic rings. The molecule has 12 N–H and O–H groups in total. The van der Waals surface area contributed by atoms with Gasteiger partial charge in [0, 0.05) is 99.0 Å². The zero-order chi connectivity index (χ0) is 89.1. The summed E-state index contributed by atoms with van der Waals surface area (Å²) in [6, 6.07) is 30.4. The Morgan fingerprint density at radius 2 is 1.31 bits per heavy atom. The van der Waals surface area contributed by atoms with Crippen LogP contribution in [0, 0.1) is 29.6 Å². The maximum atomic E-state index is 15.2. The minimum atomic E-state index is -1.16. The Morgan fingerprint density at radius 3 is 1.93 bits per heavy atom. The highest BCUT2D eigenvalue weighted by atomic mass is 32.2. The molecule has 12 atom stereocenters. The van der Waals surface area contributed by atoms with Crippen LogP contribution in [0.25, 0.3) is 11.0 Å². The van der Waals surface area contributed by atoms with Crippen molar-refractivity contribution in [1.29, 1.82) is 0 Å². The molecule has 0 unspecified atom stereocenters. The van der Waals surface area contributed by atoms with Gasteiger partial charge in [-0.3, -0.25) is 58.1 Å². The lowest BCUT2D eigenvalue weighted by atomic mass is 9.89. The number of amides is 12. The number of hydrogen-bond donors (Lipinski definition) is 11. The van der Waals surface area contributed by atoms with Crippen molar-refractivity contribution in [2.24, 2.45) is 35.3 Å². The van der Waals surface area contributed by atoms with E-state index in [1.54, 1.807) is 112 Å². The van der Waals surface area contributed by atoms with E-state index >= 15 is 4.79 Å². The van der Waals surface area contributed by atoms with E-state index in [0.717, 1.165) is 32.8 Å². The normalized spacial score (nSPS) is 16.3. The molecule has 32 nitrogen and oxygen atoms in total. The summed E-state index contributed by atoms with van der Waals surface area (Å²) in [4.78, 5) is 173. The lowest BCUT2D eigenvalue weighted by Crippen LogP contribution is -2.59. The number of aromatic nitrogens is 2. The molecule has 3 heterocycles. The third kappa shape index (κ3) is 30.9. The van der Waals surface area contributed by atoms with Gasteiger partial charge >= 0.3 is 12.1 Å². The minimum absolute atomic E-state index is 0.0226. The van der Waals surface area contributed by atoms with E-state index in [1.807, 2.05) is 113 Å². The Kier molecular flexibility index (Phi) is 40.7. The Morgan fingerprint density at radius 1 is 0.672 bits per heavy atom. The monoisotopic (exact) mass is 1730 g/mol. The summed E-state index contributed by atoms with van der Waals surface area (Å²) in [7, 11) is 8.11. The fourth-order valence-electron chi connectivity index (χ4n) is 14.6. The predicted octanol–water partition coefficient (Wildman–Crippen LogP) is 8.46. The van der Waals surface area contributed by atoms with Crippen LogP contribution in [0.4, 0.5) is 15.3 Å². The summed E-state index contributed by atoms with van der Waals surface area (Å²) < 4.78 is 23.6. The van der Waals surface area contributed by atoms with Crippen LogP contribution in [0.15, 0.2) is 143 Å². The summed E-state index contributed by atoms with van der Waals surface area (Å²) in [5.41, 5.74) is 14.3. The summed E-state index contributed by atoms with van der Waals surface area (Å²) in [5, 5.41) is 29.0. The third-order valence-corrected chi connectivity index (χ3v) is 23.3. The van der Waals surface area contributed by atoms with Gasteiger partial charge in [-0.2, -0.15) is 5.48 Å². The number of primary amides is 1. The summed E-state index contributed by atoms with van der Waals surface area (Å²) >= 11 is 3.37. The van der Waals surface area contributed by atoms with Crippen LogP contribution in [-0.2, 0) is 86.7 Å². The van der Waals surface area contributed by atoms with Crippen LogP contribution in [0.1, 0.15) is 140 Å². The lowest BCUT2D eigenvalue weighted by molar-refractivity contribution is -0.148. The number of carbonyl (C=O) groups is 11. The first kappa shape index (κ1) is 98.8. The average Bonchev–Trinajstić information content (AvgIpc) is 1.48. The molecule has 0 spiro atoms. The van der Waals surface area contributed by atoms with Gasteiger partial charge in [0.05, 0.1) is 77.7 Å². The molecule has 7 rings (SSSR count). The molecule has 2 bridgehead atoms. The van der Waals surface area contributed by atoms with Gasteiger partial charge in [0.25, 0.3) is 11.8 Å². The molecule has 664 valence electrons. The largest absolute Gasteiger partial charge is 0.443 e. The number of methoxy groups -OCH3 is 2. The Balaban J connectivity index is 0.938. The third-order valence-electron chi connectivity index (χ3n) is 21.2. The number of likely N-dealkylation sites (N-methyl/N-ethyl adjacent to an activating group) is 2. The number of nitrogens with two attached hydrogens (primary N) is 1. The number of carbonyl (C=O) groups excluding carboxylic acids is 11. The van der Waals surface area contributed by atoms with Crippen molar-refractivity contribution in [2.45, 2.75) is 202 Å². The molecule has 0 aliphatic carbocycles. The number of hydroxylamine groups is 2. The molecule has 4 aromatic carbocycles. The van der Waals surface area contributed by atoms with E-state index in [2.05, 4.69) is 60.9 Å². The summed E-state index contributed by atoms with van der Waals surface area (Å²) in [5.74, 6) is -5.21. The van der Waals surface area contributed by atoms with Crippen LogP contribution in [0.3, 0.4) is 0 Å². The molecule has 2 aliphatic heterocycles. The smallest absolute Gasteiger partial charge is 0.431 e. The van der Waals surface area contributed by atoms with Crippen molar-refractivity contribution in [1.82, 2.24) is 67.5 Å². The van der Waals surface area contributed by atoms with E-state index < -0.39 is 120 Å². The SMILES string of the molecule is CC[C@H](C)[C@@H]([C@@H](CC(=O)N1C[C@H](ONC(=O)OCc2ccc(NC(=O)[C@@H](CCCNC(N)=O)NC(=O)[C@H](NC(=O)CCOCCCNC(=O)c3ccc4nc5c(nc4c3)CSc3cccccccc(c3)SC5)C(C)C)cc2)C[C@H]1[C@H](OC)[C@@H](C)C(=O)N[C@H](/C=C/C(=O)NO)Cc1ccccc1)OC)N(C)C(=O)[C@@H](NC(=O)[C@H](C(C)C)N(C)C)C(C)C.